The number of hydrogen-bond donors (Lipinski definition) is 1. The van der Waals surface area contributed by atoms with Crippen molar-refractivity contribution in [1.82, 2.24) is 9.88 Å². The summed E-state index contributed by atoms with van der Waals surface area (Å²) in [7, 11) is 0. The highest BCUT2D eigenvalue weighted by atomic mass is 15.2. The highest BCUT2D eigenvalue weighted by Crippen LogP contribution is 2.44. The number of aromatic nitrogens is 1. The van der Waals surface area contributed by atoms with Gasteiger partial charge in [0.15, 0.2) is 0 Å². The van der Waals surface area contributed by atoms with Gasteiger partial charge < -0.3 is 5.32 Å². The zero-order valence-electron chi connectivity index (χ0n) is 27.9. The Kier molecular flexibility index (Phi) is 6.14. The van der Waals surface area contributed by atoms with E-state index in [0.29, 0.717) is 0 Å². The van der Waals surface area contributed by atoms with Crippen molar-refractivity contribution in [3.63, 3.8) is 0 Å². The zero-order chi connectivity index (χ0) is 33.5. The molecule has 1 aliphatic carbocycles. The van der Waals surface area contributed by atoms with E-state index >= 15 is 0 Å². The minimum Gasteiger partial charge on any atom is -0.329 e. The molecule has 9 aromatic rings. The van der Waals surface area contributed by atoms with Gasteiger partial charge in [0.2, 0.25) is 5.96 Å². The summed E-state index contributed by atoms with van der Waals surface area (Å²) in [5.41, 5.74) is 4.70. The molecule has 0 saturated heterocycles. The summed E-state index contributed by atoms with van der Waals surface area (Å²) >= 11 is 0. The van der Waals surface area contributed by atoms with E-state index in [4.69, 9.17) is 4.99 Å². The fourth-order valence-electron chi connectivity index (χ4n) is 8.70. The predicted octanol–water partition coefficient (Wildman–Crippen LogP) is 10.1. The fourth-order valence-corrected chi connectivity index (χ4v) is 8.70. The van der Waals surface area contributed by atoms with Crippen LogP contribution < -0.4 is 15.8 Å². The number of para-hydroxylation sites is 1. The quantitative estimate of drug-likeness (QED) is 0.185. The summed E-state index contributed by atoms with van der Waals surface area (Å²) in [4.78, 5) is 5.61. The lowest BCUT2D eigenvalue weighted by molar-refractivity contribution is 0.720. The van der Waals surface area contributed by atoms with E-state index in [1.54, 1.807) is 0 Å². The van der Waals surface area contributed by atoms with E-state index in [2.05, 4.69) is 180 Å². The van der Waals surface area contributed by atoms with Crippen molar-refractivity contribution < 1.29 is 0 Å². The monoisotopic (exact) mass is 651 g/mol. The highest BCUT2D eigenvalue weighted by molar-refractivity contribution is 6.37. The molecule has 0 bridgehead atoms. The topological polar surface area (TPSA) is 29.3 Å². The molecule has 0 fully saturated rings. The van der Waals surface area contributed by atoms with Gasteiger partial charge in [0.25, 0.3) is 0 Å². The van der Waals surface area contributed by atoms with Crippen molar-refractivity contribution >= 4 is 83.0 Å². The first-order chi connectivity index (χ1) is 25.3. The zero-order valence-corrected chi connectivity index (χ0v) is 27.9. The van der Waals surface area contributed by atoms with E-state index in [1.165, 1.54) is 81.1 Å². The molecule has 2 unspecified atom stereocenters. The van der Waals surface area contributed by atoms with E-state index < -0.39 is 0 Å². The van der Waals surface area contributed by atoms with Crippen LogP contribution in [0.15, 0.2) is 168 Å². The van der Waals surface area contributed by atoms with Gasteiger partial charge in [0, 0.05) is 33.2 Å². The number of benzene rings is 8. The summed E-state index contributed by atoms with van der Waals surface area (Å²) in [6.45, 7) is 0. The summed E-state index contributed by atoms with van der Waals surface area (Å²) in [6, 6.07) is 55.1. The first kappa shape index (κ1) is 28.4. The van der Waals surface area contributed by atoms with E-state index in [9.17, 15) is 0 Å². The largest absolute Gasteiger partial charge is 0.329 e. The molecular formula is C48H33N3. The van der Waals surface area contributed by atoms with Gasteiger partial charge in [-0.2, -0.15) is 0 Å². The van der Waals surface area contributed by atoms with Crippen molar-refractivity contribution in [2.45, 2.75) is 12.5 Å². The van der Waals surface area contributed by atoms with Crippen LogP contribution in [0.2, 0.25) is 0 Å². The molecule has 2 atom stereocenters. The van der Waals surface area contributed by atoms with Crippen LogP contribution >= 0.6 is 0 Å². The molecule has 51 heavy (non-hydrogen) atoms. The van der Waals surface area contributed by atoms with Crippen LogP contribution in [0.1, 0.15) is 18.0 Å². The van der Waals surface area contributed by atoms with Gasteiger partial charge in [-0.05, 0) is 72.9 Å². The van der Waals surface area contributed by atoms with Gasteiger partial charge >= 0.3 is 0 Å². The molecule has 1 N–H and O–H groups in total. The molecule has 0 radical (unpaired) electrons. The van der Waals surface area contributed by atoms with Gasteiger partial charge in [0.1, 0.15) is 0 Å². The van der Waals surface area contributed by atoms with E-state index in [-0.39, 0.29) is 12.0 Å². The van der Waals surface area contributed by atoms with Crippen LogP contribution in [0.5, 0.6) is 0 Å². The smallest absolute Gasteiger partial charge is 0.208 e. The number of nitrogens with one attached hydrogen (secondary N) is 1. The Morgan fingerprint density at radius 2 is 1.22 bits per heavy atom. The van der Waals surface area contributed by atoms with Gasteiger partial charge in [-0.25, -0.2) is 4.99 Å². The maximum atomic E-state index is 5.61. The molecule has 0 amide bonds. The summed E-state index contributed by atoms with van der Waals surface area (Å²) in [5.74, 6) is 1.05. The lowest BCUT2D eigenvalue weighted by Crippen LogP contribution is -2.37. The molecule has 1 aliphatic heterocycles. The molecule has 240 valence electrons. The molecule has 2 aliphatic rings. The normalized spacial score (nSPS) is 17.3. The lowest BCUT2D eigenvalue weighted by atomic mass is 9.91. The van der Waals surface area contributed by atoms with Gasteiger partial charge in [-0.3, -0.25) is 4.57 Å². The molecule has 11 rings (SSSR count). The maximum Gasteiger partial charge on any atom is 0.208 e. The van der Waals surface area contributed by atoms with Gasteiger partial charge in [-0.1, -0.05) is 152 Å². The van der Waals surface area contributed by atoms with Crippen LogP contribution in [-0.4, -0.2) is 10.5 Å². The van der Waals surface area contributed by atoms with Crippen LogP contribution in [0.4, 0.5) is 0 Å². The predicted molar refractivity (Wildman–Crippen MR) is 215 cm³/mol. The van der Waals surface area contributed by atoms with Gasteiger partial charge in [-0.15, -0.1) is 0 Å². The summed E-state index contributed by atoms with van der Waals surface area (Å²) < 4.78 is 2.41. The highest BCUT2D eigenvalue weighted by Gasteiger charge is 2.27. The minimum atomic E-state index is -0.157. The Hall–Kier alpha value is -6.45. The second kappa shape index (κ2) is 11.0. The fraction of sp³-hybridized carbons (Fsp3) is 0.0625. The molecule has 0 spiro atoms. The second-order valence-corrected chi connectivity index (χ2v) is 13.9. The molecule has 0 saturated carbocycles. The SMILES string of the molecule is C1=C(C2C=c3ccccc3=CC2)NC(n2c3ccccc3c3c4c5ccccc5ccc4c4ccccc4c32)=NC1c1ccc2ccccc2c1. The van der Waals surface area contributed by atoms with Crippen LogP contribution in [0, 0.1) is 5.92 Å². The first-order valence-corrected chi connectivity index (χ1v) is 17.9. The van der Waals surface area contributed by atoms with Crippen molar-refractivity contribution in [3.8, 4) is 0 Å². The van der Waals surface area contributed by atoms with E-state index in [0.717, 1.165) is 17.9 Å². The first-order valence-electron chi connectivity index (χ1n) is 17.9. The Labute approximate surface area is 294 Å². The van der Waals surface area contributed by atoms with Crippen LogP contribution in [0.25, 0.3) is 77.0 Å². The molecule has 3 heteroatoms. The molecule has 1 aromatic heterocycles. The van der Waals surface area contributed by atoms with Crippen molar-refractivity contribution in [2.75, 3.05) is 0 Å². The number of aliphatic imine (C=N–C) groups is 1. The average molecular weight is 652 g/mol. The molecular weight excluding hydrogens is 619 g/mol. The maximum absolute atomic E-state index is 5.61. The van der Waals surface area contributed by atoms with Gasteiger partial charge in [0.05, 0.1) is 17.1 Å². The number of hydrogen-bond acceptors (Lipinski definition) is 2. The molecule has 8 aromatic carbocycles. The minimum absolute atomic E-state index is 0.157. The number of rotatable bonds is 2. The molecule has 3 nitrogen and oxygen atoms in total. The Morgan fingerprint density at radius 1 is 0.529 bits per heavy atom. The third-order valence-corrected chi connectivity index (χ3v) is 11.1. The third kappa shape index (κ3) is 4.34. The lowest BCUT2D eigenvalue weighted by Gasteiger charge is -2.28. The number of fused-ring (bicyclic) bond motifs is 12. The standard InChI is InChI=1S/C48H33N3/c1-3-14-33-27-35(23-21-30(33)11-1)42-29-43(36-24-22-31-12-2-4-15-34(31)28-36)50-48(49-42)51-44-20-10-9-19-41(44)46-45-37-16-6-5-13-32(37)25-26-39(45)38-17-7-8-18-40(38)47(46)51/h1-23,25-29,36,42H,24H2,(H,49,50). The number of allylic oxidation sites excluding steroid dienone is 1. The van der Waals surface area contributed by atoms with E-state index in [1.807, 2.05) is 0 Å². The summed E-state index contributed by atoms with van der Waals surface area (Å²) in [6.07, 6.45) is 8.09. The Balaban J connectivity index is 1.22. The average Bonchev–Trinajstić information content (AvgIpc) is 3.55. The third-order valence-electron chi connectivity index (χ3n) is 11.1. The number of nitrogens with zero attached hydrogens (tertiary/aromatic N) is 2. The Morgan fingerprint density at radius 3 is 2.10 bits per heavy atom. The van der Waals surface area contributed by atoms with Crippen LogP contribution in [0.3, 0.4) is 0 Å². The summed E-state index contributed by atoms with van der Waals surface area (Å²) in [5, 5.41) is 19.1. The van der Waals surface area contributed by atoms with Crippen molar-refractivity contribution in [1.29, 1.82) is 0 Å². The van der Waals surface area contributed by atoms with Crippen molar-refractivity contribution in [2.24, 2.45) is 10.9 Å². The molecule has 2 heterocycles. The van der Waals surface area contributed by atoms with Crippen LogP contribution in [-0.2, 0) is 0 Å². The Bertz CT molecular complexity index is 3110. The second-order valence-electron chi connectivity index (χ2n) is 13.9. The van der Waals surface area contributed by atoms with Crippen molar-refractivity contribution in [3.05, 3.63) is 179 Å².